The summed E-state index contributed by atoms with van der Waals surface area (Å²) in [6, 6.07) is 32.8. The molecule has 0 aliphatic carbocycles. The Morgan fingerprint density at radius 3 is 1.83 bits per heavy atom. The first-order valence-corrected chi connectivity index (χ1v) is 16.2. The van der Waals surface area contributed by atoms with Crippen molar-refractivity contribution in [3.05, 3.63) is 130 Å². The number of hydrogen-bond acceptors (Lipinski definition) is 8. The summed E-state index contributed by atoms with van der Waals surface area (Å²) in [5.41, 5.74) is 3.84. The average Bonchev–Trinajstić information content (AvgIpc) is 3.07. The van der Waals surface area contributed by atoms with E-state index >= 15 is 0 Å². The van der Waals surface area contributed by atoms with E-state index in [2.05, 4.69) is 17.0 Å². The van der Waals surface area contributed by atoms with Gasteiger partial charge in [0.1, 0.15) is 11.5 Å². The van der Waals surface area contributed by atoms with Gasteiger partial charge in [-0.3, -0.25) is 4.90 Å². The topological polar surface area (TPSA) is 94.5 Å². The lowest BCUT2D eigenvalue weighted by Crippen LogP contribution is -2.30. The van der Waals surface area contributed by atoms with Gasteiger partial charge in [-0.15, -0.1) is 0 Å². The summed E-state index contributed by atoms with van der Waals surface area (Å²) in [6.45, 7) is 5.36. The van der Waals surface area contributed by atoms with E-state index in [-0.39, 0.29) is 32.3 Å². The molecule has 0 bridgehead atoms. The molecule has 0 aliphatic heterocycles. The van der Waals surface area contributed by atoms with Crippen molar-refractivity contribution in [1.82, 2.24) is 4.90 Å². The van der Waals surface area contributed by atoms with Gasteiger partial charge in [-0.1, -0.05) is 78.3 Å². The smallest absolute Gasteiger partial charge is 0.344 e. The van der Waals surface area contributed by atoms with Gasteiger partial charge in [0.25, 0.3) is 0 Å². The second kappa shape index (κ2) is 18.7. The van der Waals surface area contributed by atoms with Crippen LogP contribution in [-0.2, 0) is 25.6 Å². The molecule has 0 amide bonds. The van der Waals surface area contributed by atoms with E-state index < -0.39 is 18.0 Å². The summed E-state index contributed by atoms with van der Waals surface area (Å²) in [5.74, 6) is 0.112. The molecule has 0 radical (unpaired) electrons. The van der Waals surface area contributed by atoms with Crippen molar-refractivity contribution in [1.29, 1.82) is 0 Å². The highest BCUT2D eigenvalue weighted by atomic mass is 35.5. The molecule has 1 N–H and O–H groups in total. The predicted molar refractivity (Wildman–Crippen MR) is 182 cm³/mol. The van der Waals surface area contributed by atoms with Crippen molar-refractivity contribution in [2.75, 3.05) is 39.5 Å². The normalized spacial score (nSPS) is 11.7. The molecular weight excluding hydrogens is 618 g/mol. The predicted octanol–water partition coefficient (Wildman–Crippen LogP) is 6.98. The van der Waals surface area contributed by atoms with Crippen molar-refractivity contribution in [3.8, 4) is 11.5 Å². The standard InChI is InChI=1S/C38H42ClNO7/c1-3-44-37(42)26-46-33-17-9-13-29(22-33)35(30-14-10-18-34(23-30)47-27-38(43)45-4-2)19-20-40(24-28-11-6-5-7-12-28)25-36(41)31-15-8-16-32(39)21-31/h5-18,21-23,35-36,41H,3-4,19-20,24-27H2,1-2H3/t36-/m0/s1. The summed E-state index contributed by atoms with van der Waals surface area (Å²) in [5, 5.41) is 11.8. The molecule has 8 nitrogen and oxygen atoms in total. The maximum Gasteiger partial charge on any atom is 0.344 e. The van der Waals surface area contributed by atoms with Gasteiger partial charge in [-0.25, -0.2) is 9.59 Å². The van der Waals surface area contributed by atoms with Gasteiger partial charge in [0, 0.05) is 24.0 Å². The first kappa shape index (κ1) is 35.5. The van der Waals surface area contributed by atoms with Gasteiger partial charge < -0.3 is 24.1 Å². The van der Waals surface area contributed by atoms with Crippen LogP contribution in [0.4, 0.5) is 0 Å². The fourth-order valence-corrected chi connectivity index (χ4v) is 5.51. The number of hydrogen-bond donors (Lipinski definition) is 1. The van der Waals surface area contributed by atoms with Crippen LogP contribution in [0.5, 0.6) is 11.5 Å². The third-order valence-corrected chi connectivity index (χ3v) is 7.73. The molecular formula is C38H42ClNO7. The number of esters is 2. The third-order valence-electron chi connectivity index (χ3n) is 7.49. The number of aliphatic hydroxyl groups excluding tert-OH is 1. The molecule has 0 spiro atoms. The van der Waals surface area contributed by atoms with Crippen molar-refractivity contribution >= 4 is 23.5 Å². The quantitative estimate of drug-likeness (QED) is 0.114. The van der Waals surface area contributed by atoms with Gasteiger partial charge >= 0.3 is 11.9 Å². The molecule has 0 saturated heterocycles. The van der Waals surface area contributed by atoms with Gasteiger partial charge in [0.15, 0.2) is 13.2 Å². The molecule has 9 heteroatoms. The van der Waals surface area contributed by atoms with Crippen LogP contribution in [0, 0.1) is 0 Å². The van der Waals surface area contributed by atoms with Gasteiger partial charge in [0.2, 0.25) is 0 Å². The van der Waals surface area contributed by atoms with E-state index in [1.54, 1.807) is 26.0 Å². The molecule has 0 unspecified atom stereocenters. The number of rotatable bonds is 18. The SMILES string of the molecule is CCOC(=O)COc1cccc(C(CCN(Cc2ccccc2)C[C@H](O)c2cccc(Cl)c2)c2cccc(OCC(=O)OCC)c2)c1. The molecule has 1 atom stereocenters. The minimum atomic E-state index is -0.741. The first-order valence-electron chi connectivity index (χ1n) is 15.8. The number of ether oxygens (including phenoxy) is 4. The third kappa shape index (κ3) is 11.7. The first-order chi connectivity index (χ1) is 22.8. The van der Waals surface area contributed by atoms with Crippen LogP contribution in [0.3, 0.4) is 0 Å². The highest BCUT2D eigenvalue weighted by molar-refractivity contribution is 6.30. The Kier molecular flexibility index (Phi) is 14.1. The Morgan fingerprint density at radius 2 is 1.28 bits per heavy atom. The number of aliphatic hydroxyl groups is 1. The number of benzene rings is 4. The van der Waals surface area contributed by atoms with E-state index in [4.69, 9.17) is 30.5 Å². The Hall–Kier alpha value is -4.37. The zero-order valence-electron chi connectivity index (χ0n) is 26.8. The van der Waals surface area contributed by atoms with Crippen LogP contribution < -0.4 is 9.47 Å². The van der Waals surface area contributed by atoms with E-state index in [1.165, 1.54) is 0 Å². The fourth-order valence-electron chi connectivity index (χ4n) is 5.31. The summed E-state index contributed by atoms with van der Waals surface area (Å²) in [7, 11) is 0. The second-order valence-electron chi connectivity index (χ2n) is 11.0. The summed E-state index contributed by atoms with van der Waals surface area (Å²) in [6.07, 6.45) is -0.0623. The molecule has 248 valence electrons. The van der Waals surface area contributed by atoms with Crippen LogP contribution >= 0.6 is 11.6 Å². The maximum absolute atomic E-state index is 12.0. The Balaban J connectivity index is 1.61. The lowest BCUT2D eigenvalue weighted by molar-refractivity contribution is -0.146. The molecule has 0 heterocycles. The van der Waals surface area contributed by atoms with Crippen LogP contribution in [0.15, 0.2) is 103 Å². The zero-order valence-corrected chi connectivity index (χ0v) is 27.6. The number of carbonyl (C=O) groups excluding carboxylic acids is 2. The second-order valence-corrected chi connectivity index (χ2v) is 11.4. The van der Waals surface area contributed by atoms with Crippen LogP contribution in [0.25, 0.3) is 0 Å². The Bertz CT molecular complexity index is 1500. The van der Waals surface area contributed by atoms with Crippen molar-refractivity contribution in [2.45, 2.75) is 38.8 Å². The van der Waals surface area contributed by atoms with Crippen molar-refractivity contribution < 1.29 is 33.6 Å². The molecule has 0 aliphatic rings. The Morgan fingerprint density at radius 1 is 0.723 bits per heavy atom. The maximum atomic E-state index is 12.0. The molecule has 4 aromatic carbocycles. The van der Waals surface area contributed by atoms with Gasteiger partial charge in [-0.05, 0) is 85.5 Å². The monoisotopic (exact) mass is 659 g/mol. The van der Waals surface area contributed by atoms with E-state index in [0.29, 0.717) is 42.6 Å². The molecule has 0 saturated carbocycles. The summed E-state index contributed by atoms with van der Waals surface area (Å²) >= 11 is 6.23. The minimum Gasteiger partial charge on any atom is -0.482 e. The highest BCUT2D eigenvalue weighted by Crippen LogP contribution is 2.33. The number of carbonyl (C=O) groups is 2. The van der Waals surface area contributed by atoms with Crippen LogP contribution in [0.2, 0.25) is 5.02 Å². The number of halogens is 1. The summed E-state index contributed by atoms with van der Waals surface area (Å²) in [4.78, 5) is 26.1. The van der Waals surface area contributed by atoms with Crippen LogP contribution in [0.1, 0.15) is 54.5 Å². The summed E-state index contributed by atoms with van der Waals surface area (Å²) < 4.78 is 21.6. The van der Waals surface area contributed by atoms with E-state index in [1.807, 2.05) is 78.9 Å². The molecule has 47 heavy (non-hydrogen) atoms. The van der Waals surface area contributed by atoms with Crippen molar-refractivity contribution in [3.63, 3.8) is 0 Å². The molecule has 4 aromatic rings. The molecule has 4 rings (SSSR count). The fraction of sp³-hybridized carbons (Fsp3) is 0.316. The Labute approximate surface area is 281 Å². The van der Waals surface area contributed by atoms with Crippen LogP contribution in [-0.4, -0.2) is 61.5 Å². The largest absolute Gasteiger partial charge is 0.482 e. The lowest BCUT2D eigenvalue weighted by Gasteiger charge is -2.28. The van der Waals surface area contributed by atoms with E-state index in [9.17, 15) is 14.7 Å². The molecule has 0 fully saturated rings. The van der Waals surface area contributed by atoms with E-state index in [0.717, 1.165) is 22.3 Å². The molecule has 0 aromatic heterocycles. The average molecular weight is 660 g/mol. The van der Waals surface area contributed by atoms with Crippen molar-refractivity contribution in [2.24, 2.45) is 0 Å². The van der Waals surface area contributed by atoms with Gasteiger partial charge in [0.05, 0.1) is 19.3 Å². The number of nitrogens with zero attached hydrogens (tertiary/aromatic N) is 1. The minimum absolute atomic E-state index is 0.117. The van der Waals surface area contributed by atoms with Gasteiger partial charge in [-0.2, -0.15) is 0 Å². The lowest BCUT2D eigenvalue weighted by atomic mass is 9.88. The zero-order chi connectivity index (χ0) is 33.4. The highest BCUT2D eigenvalue weighted by Gasteiger charge is 2.21.